The van der Waals surface area contributed by atoms with E-state index in [2.05, 4.69) is 25.3 Å². The van der Waals surface area contributed by atoms with Gasteiger partial charge in [-0.05, 0) is 6.07 Å². The number of nitrogens with one attached hydrogen (secondary N) is 1. The molecule has 0 aromatic carbocycles. The third-order valence-electron chi connectivity index (χ3n) is 3.30. The van der Waals surface area contributed by atoms with E-state index >= 15 is 0 Å². The average Bonchev–Trinajstić information content (AvgIpc) is 2.56. The van der Waals surface area contributed by atoms with Crippen molar-refractivity contribution in [1.82, 2.24) is 24.8 Å². The second-order valence-electron chi connectivity index (χ2n) is 4.85. The number of carbonyl (C=O) groups is 1. The summed E-state index contributed by atoms with van der Waals surface area (Å²) in [7, 11) is 0. The molecule has 1 N–H and O–H groups in total. The van der Waals surface area contributed by atoms with Crippen LogP contribution in [-0.4, -0.2) is 50.4 Å². The van der Waals surface area contributed by atoms with Gasteiger partial charge in [-0.2, -0.15) is 0 Å². The molecule has 0 radical (unpaired) electrons. The van der Waals surface area contributed by atoms with E-state index < -0.39 is 0 Å². The Labute approximate surface area is 127 Å². The summed E-state index contributed by atoms with van der Waals surface area (Å²) in [5, 5.41) is 2.99. The lowest BCUT2D eigenvalue weighted by Gasteiger charge is -2.31. The Morgan fingerprint density at radius 1 is 1.36 bits per heavy atom. The maximum absolute atomic E-state index is 11.5. The number of hydrogen-bond donors (Lipinski definition) is 1. The predicted octanol–water partition coefficient (Wildman–Crippen LogP) is 0.930. The molecule has 2 aromatic heterocycles. The van der Waals surface area contributed by atoms with Crippen molar-refractivity contribution in [3.8, 4) is 0 Å². The number of ether oxygens (including phenoxy) is 1. The van der Waals surface area contributed by atoms with Crippen LogP contribution in [0.3, 0.4) is 0 Å². The molecule has 8 heteroatoms. The number of anilines is 2. The van der Waals surface area contributed by atoms with E-state index in [1.165, 1.54) is 0 Å². The van der Waals surface area contributed by atoms with E-state index in [-0.39, 0.29) is 12.0 Å². The molecule has 114 valence electrons. The van der Waals surface area contributed by atoms with Crippen LogP contribution in [0.15, 0.2) is 30.9 Å². The van der Waals surface area contributed by atoms with Crippen molar-refractivity contribution in [2.24, 2.45) is 0 Å². The van der Waals surface area contributed by atoms with Crippen molar-refractivity contribution in [3.63, 3.8) is 0 Å². The summed E-state index contributed by atoms with van der Waals surface area (Å²) < 4.78 is 5.69. The van der Waals surface area contributed by atoms with Crippen molar-refractivity contribution in [1.29, 1.82) is 0 Å². The summed E-state index contributed by atoms with van der Waals surface area (Å²) in [6, 6.07) is 1.74. The van der Waals surface area contributed by atoms with Gasteiger partial charge in [0.15, 0.2) is 5.82 Å². The highest BCUT2D eigenvalue weighted by atomic mass is 16.5. The van der Waals surface area contributed by atoms with Gasteiger partial charge in [-0.15, -0.1) is 0 Å². The van der Waals surface area contributed by atoms with E-state index in [4.69, 9.17) is 4.74 Å². The molecule has 0 bridgehead atoms. The number of amides is 1. The Kier molecular flexibility index (Phi) is 4.19. The quantitative estimate of drug-likeness (QED) is 0.901. The zero-order valence-electron chi connectivity index (χ0n) is 12.1. The minimum Gasteiger partial charge on any atom is -0.368 e. The van der Waals surface area contributed by atoms with Gasteiger partial charge in [0, 0.05) is 25.9 Å². The lowest BCUT2D eigenvalue weighted by Crippen LogP contribution is -2.41. The normalized spacial score (nSPS) is 18.0. The Hall–Kier alpha value is -2.61. The van der Waals surface area contributed by atoms with Crippen molar-refractivity contribution >= 4 is 17.7 Å². The Balaban J connectivity index is 1.75. The monoisotopic (exact) mass is 300 g/mol. The third kappa shape index (κ3) is 3.34. The number of carbonyl (C=O) groups excluding carboxylic acids is 1. The summed E-state index contributed by atoms with van der Waals surface area (Å²) in [5.74, 6) is 1.02. The lowest BCUT2D eigenvalue weighted by molar-refractivity contribution is -0.136. The maximum atomic E-state index is 11.5. The molecule has 1 aliphatic heterocycles. The summed E-state index contributed by atoms with van der Waals surface area (Å²) in [4.78, 5) is 30.0. The highest BCUT2D eigenvalue weighted by Crippen LogP contribution is 2.21. The molecule has 1 atom stereocenters. The zero-order valence-corrected chi connectivity index (χ0v) is 12.1. The second kappa shape index (κ2) is 6.44. The molecular weight excluding hydrogens is 284 g/mol. The number of hydrogen-bond acceptors (Lipinski definition) is 7. The van der Waals surface area contributed by atoms with Crippen LogP contribution in [0.5, 0.6) is 0 Å². The first-order valence-corrected chi connectivity index (χ1v) is 6.95. The van der Waals surface area contributed by atoms with E-state index in [0.717, 1.165) is 0 Å². The maximum Gasteiger partial charge on any atom is 0.228 e. The van der Waals surface area contributed by atoms with Crippen molar-refractivity contribution in [2.45, 2.75) is 13.0 Å². The molecule has 1 fully saturated rings. The van der Waals surface area contributed by atoms with Crippen molar-refractivity contribution in [2.75, 3.05) is 25.0 Å². The molecule has 3 rings (SSSR count). The number of nitrogens with zero attached hydrogens (tertiary/aromatic N) is 5. The van der Waals surface area contributed by atoms with Gasteiger partial charge in [0.1, 0.15) is 6.10 Å². The Bertz CT molecular complexity index is 651. The van der Waals surface area contributed by atoms with Crippen LogP contribution in [0.2, 0.25) is 0 Å². The average molecular weight is 300 g/mol. The van der Waals surface area contributed by atoms with E-state index in [0.29, 0.717) is 37.2 Å². The zero-order chi connectivity index (χ0) is 15.4. The molecule has 22 heavy (non-hydrogen) atoms. The van der Waals surface area contributed by atoms with E-state index in [1.807, 2.05) is 0 Å². The van der Waals surface area contributed by atoms with Crippen LogP contribution in [0.25, 0.3) is 0 Å². The highest BCUT2D eigenvalue weighted by molar-refractivity contribution is 5.73. The number of rotatable bonds is 3. The Morgan fingerprint density at radius 3 is 2.95 bits per heavy atom. The van der Waals surface area contributed by atoms with Gasteiger partial charge in [0.05, 0.1) is 31.2 Å². The van der Waals surface area contributed by atoms with Crippen LogP contribution < -0.4 is 5.32 Å². The summed E-state index contributed by atoms with van der Waals surface area (Å²) in [5.41, 5.74) is 0.673. The molecule has 3 heterocycles. The summed E-state index contributed by atoms with van der Waals surface area (Å²) in [6.07, 6.45) is 6.24. The summed E-state index contributed by atoms with van der Waals surface area (Å²) >= 11 is 0. The van der Waals surface area contributed by atoms with Gasteiger partial charge in [0.2, 0.25) is 11.9 Å². The minimum atomic E-state index is -0.274. The first-order valence-electron chi connectivity index (χ1n) is 6.95. The molecule has 8 nitrogen and oxygen atoms in total. The molecule has 1 amide bonds. The Morgan fingerprint density at radius 2 is 2.18 bits per heavy atom. The van der Waals surface area contributed by atoms with E-state index in [9.17, 15) is 4.79 Å². The molecule has 0 saturated carbocycles. The van der Waals surface area contributed by atoms with Gasteiger partial charge in [-0.3, -0.25) is 9.78 Å². The predicted molar refractivity (Wildman–Crippen MR) is 78.3 cm³/mol. The van der Waals surface area contributed by atoms with Crippen LogP contribution in [0.4, 0.5) is 11.8 Å². The fourth-order valence-electron chi connectivity index (χ4n) is 2.19. The third-order valence-corrected chi connectivity index (χ3v) is 3.30. The van der Waals surface area contributed by atoms with Gasteiger partial charge in [-0.25, -0.2) is 15.0 Å². The number of morpholine rings is 1. The smallest absolute Gasteiger partial charge is 0.228 e. The molecule has 1 aliphatic rings. The first kappa shape index (κ1) is 14.3. The first-order chi connectivity index (χ1) is 10.7. The molecule has 1 saturated heterocycles. The molecule has 1 unspecified atom stereocenters. The standard InChI is InChI=1S/C14H16N6O2/c1-10(21)20-5-6-22-12(9-20)11-7-15-8-13(18-11)19-14-16-3-2-4-17-14/h2-4,7-8,12H,5-6,9H2,1H3,(H,16,17,18,19). The largest absolute Gasteiger partial charge is 0.368 e. The second-order valence-corrected chi connectivity index (χ2v) is 4.85. The fraction of sp³-hybridized carbons (Fsp3) is 0.357. The van der Waals surface area contributed by atoms with Gasteiger partial charge < -0.3 is 15.0 Å². The van der Waals surface area contributed by atoms with Crippen LogP contribution >= 0.6 is 0 Å². The van der Waals surface area contributed by atoms with E-state index in [1.54, 1.807) is 42.7 Å². The van der Waals surface area contributed by atoms with Crippen LogP contribution in [0, 0.1) is 0 Å². The molecular formula is C14H16N6O2. The highest BCUT2D eigenvalue weighted by Gasteiger charge is 2.25. The van der Waals surface area contributed by atoms with Gasteiger partial charge >= 0.3 is 0 Å². The summed E-state index contributed by atoms with van der Waals surface area (Å²) in [6.45, 7) is 3.13. The number of aromatic nitrogens is 4. The van der Waals surface area contributed by atoms with Crippen LogP contribution in [-0.2, 0) is 9.53 Å². The van der Waals surface area contributed by atoms with Crippen molar-refractivity contribution < 1.29 is 9.53 Å². The fourth-order valence-corrected chi connectivity index (χ4v) is 2.19. The lowest BCUT2D eigenvalue weighted by atomic mass is 10.2. The molecule has 2 aromatic rings. The topological polar surface area (TPSA) is 93.1 Å². The van der Waals surface area contributed by atoms with Gasteiger partial charge in [-0.1, -0.05) is 0 Å². The van der Waals surface area contributed by atoms with Crippen molar-refractivity contribution in [3.05, 3.63) is 36.5 Å². The molecule has 0 spiro atoms. The minimum absolute atomic E-state index is 0.0354. The van der Waals surface area contributed by atoms with Crippen LogP contribution in [0.1, 0.15) is 18.7 Å². The SMILES string of the molecule is CC(=O)N1CCOC(c2cncc(Nc3ncccn3)n2)C1. The molecule has 0 aliphatic carbocycles. The van der Waals surface area contributed by atoms with Gasteiger partial charge in [0.25, 0.3) is 0 Å².